The Morgan fingerprint density at radius 2 is 0.887 bits per heavy atom. The Morgan fingerprint density at radius 3 is 1.34 bits per heavy atom. The van der Waals surface area contributed by atoms with Crippen LogP contribution >= 0.6 is 0 Å². The number of nitrogens with zero attached hydrogens (tertiary/aromatic N) is 2. The molecule has 3 aromatic heterocycles. The molecule has 0 N–H and O–H groups in total. The number of aromatic nitrogens is 2. The van der Waals surface area contributed by atoms with Crippen LogP contribution in [0.1, 0.15) is 22.3 Å². The molecule has 53 heavy (non-hydrogen) atoms. The lowest BCUT2D eigenvalue weighted by Crippen LogP contribution is -2.34. The highest BCUT2D eigenvalue weighted by atomic mass is 19.1. The SMILES string of the molecule is Cc1cc(C)c(C[n+]2cc3c(-c4ccc(F)cc4)c(-c4ccc(F)cc4)c4cccc5c(-c6ccc(F)cc6)c(-c6ccc(F)cc6)c2n3c45)c(C)c1. The Kier molecular flexibility index (Phi) is 7.66. The molecule has 0 aliphatic rings. The third kappa shape index (κ3) is 5.36. The summed E-state index contributed by atoms with van der Waals surface area (Å²) in [5.41, 5.74) is 14.0. The zero-order valence-electron chi connectivity index (χ0n) is 29.3. The van der Waals surface area contributed by atoms with Crippen molar-refractivity contribution in [3.8, 4) is 44.5 Å². The Balaban J connectivity index is 1.55. The summed E-state index contributed by atoms with van der Waals surface area (Å²) in [6.45, 7) is 6.87. The molecule has 0 bridgehead atoms. The fourth-order valence-corrected chi connectivity index (χ4v) is 8.25. The van der Waals surface area contributed by atoms with Gasteiger partial charge in [0.05, 0.1) is 5.56 Å². The van der Waals surface area contributed by atoms with Gasteiger partial charge in [-0.2, -0.15) is 4.40 Å². The van der Waals surface area contributed by atoms with Crippen LogP contribution < -0.4 is 4.57 Å². The minimum Gasteiger partial charge on any atom is -0.225 e. The molecule has 0 atom stereocenters. The van der Waals surface area contributed by atoms with Crippen molar-refractivity contribution in [1.29, 1.82) is 0 Å². The standard InChI is InChI=1S/C47H33F4N2/c1-27-23-28(2)40(29(3)24-27)25-52-26-41-44(32-11-19-36(50)20-12-32)42(30-7-15-34(48)16-8-30)38-5-4-6-39-43(31-9-17-35(49)18-10-31)45(47(52)53(41)46(38)39)33-13-21-37(51)22-14-33/h4-24,26H,25H2,1-3H3/q+1. The van der Waals surface area contributed by atoms with Crippen LogP contribution in [0, 0.1) is 44.0 Å². The van der Waals surface area contributed by atoms with Gasteiger partial charge < -0.3 is 0 Å². The number of benzene rings is 6. The summed E-state index contributed by atoms with van der Waals surface area (Å²) in [4.78, 5) is 0. The molecule has 2 nitrogen and oxygen atoms in total. The molecule has 0 unspecified atom stereocenters. The Bertz CT molecular complexity index is 2800. The van der Waals surface area contributed by atoms with Gasteiger partial charge in [0.1, 0.15) is 41.5 Å². The Hall–Kier alpha value is -6.27. The maximum absolute atomic E-state index is 14.6. The highest BCUT2D eigenvalue weighted by Gasteiger charge is 2.33. The Morgan fingerprint density at radius 1 is 0.491 bits per heavy atom. The van der Waals surface area contributed by atoms with E-state index in [2.05, 4.69) is 60.2 Å². The van der Waals surface area contributed by atoms with E-state index in [-0.39, 0.29) is 23.3 Å². The highest BCUT2D eigenvalue weighted by molar-refractivity contribution is 6.19. The van der Waals surface area contributed by atoms with Crippen molar-refractivity contribution in [3.63, 3.8) is 0 Å². The molecule has 0 saturated heterocycles. The van der Waals surface area contributed by atoms with Gasteiger partial charge in [0.25, 0.3) is 5.65 Å². The van der Waals surface area contributed by atoms with E-state index < -0.39 is 0 Å². The maximum Gasteiger partial charge on any atom is 0.296 e. The predicted octanol–water partition coefficient (Wildman–Crippen LogP) is 12.2. The average Bonchev–Trinajstić information content (AvgIpc) is 3.52. The van der Waals surface area contributed by atoms with Crippen LogP contribution in [0.25, 0.3) is 72.0 Å². The number of pyridine rings is 2. The lowest BCUT2D eigenvalue weighted by atomic mass is 9.87. The summed E-state index contributed by atoms with van der Waals surface area (Å²) in [7, 11) is 0. The van der Waals surface area contributed by atoms with Gasteiger partial charge in [0.15, 0.2) is 5.52 Å². The molecule has 0 aliphatic heterocycles. The van der Waals surface area contributed by atoms with E-state index in [1.807, 2.05) is 6.07 Å². The molecule has 6 aromatic carbocycles. The van der Waals surface area contributed by atoms with Crippen LogP contribution in [0.3, 0.4) is 0 Å². The molecule has 0 aliphatic carbocycles. The summed E-state index contributed by atoms with van der Waals surface area (Å²) in [6.07, 6.45) is 2.15. The smallest absolute Gasteiger partial charge is 0.225 e. The van der Waals surface area contributed by atoms with E-state index in [9.17, 15) is 17.6 Å². The molecule has 9 aromatic rings. The normalized spacial score (nSPS) is 11.8. The fourth-order valence-electron chi connectivity index (χ4n) is 8.25. The van der Waals surface area contributed by atoms with Crippen molar-refractivity contribution < 1.29 is 22.1 Å². The van der Waals surface area contributed by atoms with Crippen molar-refractivity contribution in [2.24, 2.45) is 0 Å². The van der Waals surface area contributed by atoms with Crippen molar-refractivity contribution in [3.05, 3.63) is 179 Å². The third-order valence-electron chi connectivity index (χ3n) is 10.5. The fraction of sp³-hybridized carbons (Fsp3) is 0.0851. The second-order valence-corrected chi connectivity index (χ2v) is 13.9. The first-order chi connectivity index (χ1) is 25.7. The number of rotatable bonds is 6. The summed E-state index contributed by atoms with van der Waals surface area (Å²) < 4.78 is 62.6. The number of aryl methyl sites for hydroxylation is 3. The van der Waals surface area contributed by atoms with Crippen LogP contribution in [0.4, 0.5) is 17.6 Å². The first-order valence-electron chi connectivity index (χ1n) is 17.6. The summed E-state index contributed by atoms with van der Waals surface area (Å²) in [5.74, 6) is -1.39. The number of hydrogen-bond donors (Lipinski definition) is 0. The lowest BCUT2D eigenvalue weighted by molar-refractivity contribution is -0.661. The Labute approximate surface area is 304 Å². The van der Waals surface area contributed by atoms with Crippen molar-refractivity contribution >= 4 is 27.5 Å². The van der Waals surface area contributed by atoms with Crippen LogP contribution in [-0.4, -0.2) is 4.40 Å². The largest absolute Gasteiger partial charge is 0.296 e. The van der Waals surface area contributed by atoms with Crippen molar-refractivity contribution in [2.75, 3.05) is 0 Å². The summed E-state index contributed by atoms with van der Waals surface area (Å²) in [6, 6.07) is 36.5. The summed E-state index contributed by atoms with van der Waals surface area (Å²) >= 11 is 0. The minimum absolute atomic E-state index is 0.346. The first-order valence-corrected chi connectivity index (χ1v) is 17.6. The number of imidazole rings is 1. The zero-order chi connectivity index (χ0) is 36.5. The van der Waals surface area contributed by atoms with E-state index in [0.29, 0.717) is 6.54 Å². The number of hydrogen-bond acceptors (Lipinski definition) is 0. The van der Waals surface area contributed by atoms with Gasteiger partial charge in [-0.05, 0) is 108 Å². The molecule has 9 rings (SSSR count). The molecule has 6 heteroatoms. The molecule has 0 radical (unpaired) electrons. The van der Waals surface area contributed by atoms with Crippen LogP contribution in [0.15, 0.2) is 134 Å². The first kappa shape index (κ1) is 32.6. The quantitative estimate of drug-likeness (QED) is 0.120. The van der Waals surface area contributed by atoms with Gasteiger partial charge in [0, 0.05) is 27.5 Å². The van der Waals surface area contributed by atoms with Gasteiger partial charge in [-0.3, -0.25) is 0 Å². The molecule has 258 valence electrons. The van der Waals surface area contributed by atoms with Crippen LogP contribution in [0.5, 0.6) is 0 Å². The van der Waals surface area contributed by atoms with E-state index in [0.717, 1.165) is 83.1 Å². The predicted molar refractivity (Wildman–Crippen MR) is 205 cm³/mol. The van der Waals surface area contributed by atoms with E-state index in [1.165, 1.54) is 59.7 Å². The molecule has 3 heterocycles. The number of halogens is 4. The zero-order valence-corrected chi connectivity index (χ0v) is 29.3. The van der Waals surface area contributed by atoms with Gasteiger partial charge in [-0.25, -0.2) is 22.1 Å². The lowest BCUT2D eigenvalue weighted by Gasteiger charge is -2.19. The van der Waals surface area contributed by atoms with Crippen LogP contribution in [0.2, 0.25) is 0 Å². The van der Waals surface area contributed by atoms with Gasteiger partial charge in [-0.1, -0.05) is 84.4 Å². The highest BCUT2D eigenvalue weighted by Crippen LogP contribution is 2.48. The molecule has 0 amide bonds. The van der Waals surface area contributed by atoms with Gasteiger partial charge >= 0.3 is 0 Å². The van der Waals surface area contributed by atoms with Gasteiger partial charge in [-0.15, -0.1) is 0 Å². The van der Waals surface area contributed by atoms with Crippen molar-refractivity contribution in [2.45, 2.75) is 27.3 Å². The topological polar surface area (TPSA) is 8.29 Å². The molecule has 0 fully saturated rings. The molecular formula is C47H33F4N2+. The number of para-hydroxylation sites is 1. The maximum atomic E-state index is 14.6. The van der Waals surface area contributed by atoms with E-state index in [1.54, 1.807) is 48.5 Å². The summed E-state index contributed by atoms with van der Waals surface area (Å²) in [5, 5.41) is 1.82. The molecule has 0 spiro atoms. The minimum atomic E-state index is -0.349. The van der Waals surface area contributed by atoms with Gasteiger partial charge in [0.2, 0.25) is 0 Å². The third-order valence-corrected chi connectivity index (χ3v) is 10.5. The van der Waals surface area contributed by atoms with E-state index in [4.69, 9.17) is 0 Å². The average molecular weight is 702 g/mol. The van der Waals surface area contributed by atoms with Crippen molar-refractivity contribution in [1.82, 2.24) is 4.40 Å². The van der Waals surface area contributed by atoms with Crippen LogP contribution in [-0.2, 0) is 6.54 Å². The van der Waals surface area contributed by atoms with E-state index >= 15 is 0 Å². The second kappa shape index (κ2) is 12.4. The monoisotopic (exact) mass is 701 g/mol. The molecular weight excluding hydrogens is 669 g/mol. The second-order valence-electron chi connectivity index (χ2n) is 13.9. The molecule has 0 saturated carbocycles.